The lowest BCUT2D eigenvalue weighted by Gasteiger charge is -2.16. The van der Waals surface area contributed by atoms with Crippen LogP contribution in [0.1, 0.15) is 35.0 Å². The Labute approximate surface area is 104 Å². The van der Waals surface area contributed by atoms with Crippen LogP contribution in [-0.2, 0) is 11.3 Å². The van der Waals surface area contributed by atoms with Crippen LogP contribution in [0.5, 0.6) is 0 Å². The molecular weight excluding hydrogens is 238 g/mol. The van der Waals surface area contributed by atoms with E-state index in [-0.39, 0.29) is 5.91 Å². The van der Waals surface area contributed by atoms with Crippen LogP contribution >= 0.6 is 11.3 Å². The second-order valence-corrected chi connectivity index (χ2v) is 5.25. The van der Waals surface area contributed by atoms with E-state index in [1.54, 1.807) is 16.3 Å². The number of nitrogens with zero attached hydrogens (tertiary/aromatic N) is 1. The average Bonchev–Trinajstić information content (AvgIpc) is 2.87. The van der Waals surface area contributed by atoms with Gasteiger partial charge < -0.3 is 10.0 Å². The van der Waals surface area contributed by atoms with Gasteiger partial charge in [0, 0.05) is 19.5 Å². The van der Waals surface area contributed by atoms with Crippen LogP contribution in [0.15, 0.2) is 11.4 Å². The molecule has 1 fully saturated rings. The highest BCUT2D eigenvalue weighted by atomic mass is 32.1. The summed E-state index contributed by atoms with van der Waals surface area (Å²) in [4.78, 5) is 24.8. The number of aromatic carboxylic acids is 1. The maximum absolute atomic E-state index is 11.7. The summed E-state index contributed by atoms with van der Waals surface area (Å²) < 4.78 is 0. The van der Waals surface area contributed by atoms with Gasteiger partial charge >= 0.3 is 5.97 Å². The lowest BCUT2D eigenvalue weighted by atomic mass is 10.1. The minimum Gasteiger partial charge on any atom is -0.477 e. The predicted octanol–water partition coefficient (Wildman–Crippen LogP) is 2.20. The van der Waals surface area contributed by atoms with Crippen LogP contribution in [0, 0.1) is 5.92 Å². The number of hydrogen-bond acceptors (Lipinski definition) is 3. The Morgan fingerprint density at radius 2 is 2.41 bits per heavy atom. The largest absolute Gasteiger partial charge is 0.477 e. The maximum atomic E-state index is 11.7. The second-order valence-electron chi connectivity index (χ2n) is 4.33. The highest BCUT2D eigenvalue weighted by Crippen LogP contribution is 2.25. The van der Waals surface area contributed by atoms with Crippen LogP contribution in [0.2, 0.25) is 0 Å². The summed E-state index contributed by atoms with van der Waals surface area (Å²) in [6.45, 7) is 3.26. The molecule has 2 heterocycles. The molecular formula is C12H15NO3S. The molecule has 0 saturated carbocycles. The zero-order valence-corrected chi connectivity index (χ0v) is 10.5. The molecule has 1 aromatic heterocycles. The minimum absolute atomic E-state index is 0.138. The van der Waals surface area contributed by atoms with Crippen molar-refractivity contribution in [1.29, 1.82) is 0 Å². The third-order valence-electron chi connectivity index (χ3n) is 3.17. The van der Waals surface area contributed by atoms with Gasteiger partial charge in [0.25, 0.3) is 0 Å². The summed E-state index contributed by atoms with van der Waals surface area (Å²) in [5, 5.41) is 10.8. The predicted molar refractivity (Wildman–Crippen MR) is 65.1 cm³/mol. The summed E-state index contributed by atoms with van der Waals surface area (Å²) in [6.07, 6.45) is 1.60. The Hall–Kier alpha value is -1.36. The smallest absolute Gasteiger partial charge is 0.346 e. The third-order valence-corrected chi connectivity index (χ3v) is 4.12. The lowest BCUT2D eigenvalue weighted by molar-refractivity contribution is -0.128. The molecule has 1 unspecified atom stereocenters. The van der Waals surface area contributed by atoms with E-state index in [1.807, 2.05) is 0 Å². The Bertz CT molecular complexity index is 441. The topological polar surface area (TPSA) is 57.6 Å². The molecule has 1 N–H and O–H groups in total. The van der Waals surface area contributed by atoms with E-state index in [0.29, 0.717) is 23.8 Å². The van der Waals surface area contributed by atoms with Gasteiger partial charge in [0.15, 0.2) is 0 Å². The molecule has 0 spiro atoms. The van der Waals surface area contributed by atoms with Gasteiger partial charge in [0.2, 0.25) is 5.91 Å². The van der Waals surface area contributed by atoms with Gasteiger partial charge in [-0.05, 0) is 22.9 Å². The number of hydrogen-bond donors (Lipinski definition) is 1. The fourth-order valence-electron chi connectivity index (χ4n) is 2.13. The van der Waals surface area contributed by atoms with Gasteiger partial charge in [-0.15, -0.1) is 11.3 Å². The van der Waals surface area contributed by atoms with E-state index in [2.05, 4.69) is 6.92 Å². The van der Waals surface area contributed by atoms with Gasteiger partial charge in [0.05, 0.1) is 0 Å². The Morgan fingerprint density at radius 1 is 1.65 bits per heavy atom. The van der Waals surface area contributed by atoms with E-state index in [1.165, 1.54) is 11.3 Å². The fourth-order valence-corrected chi connectivity index (χ4v) is 2.89. The molecule has 1 aliphatic heterocycles. The number of carboxylic acid groups (broad SMARTS) is 1. The second kappa shape index (κ2) is 4.87. The quantitative estimate of drug-likeness (QED) is 0.895. The van der Waals surface area contributed by atoms with Crippen molar-refractivity contribution in [3.63, 3.8) is 0 Å². The average molecular weight is 253 g/mol. The molecule has 1 amide bonds. The van der Waals surface area contributed by atoms with Crippen LogP contribution in [0.4, 0.5) is 0 Å². The Morgan fingerprint density at radius 3 is 3.00 bits per heavy atom. The maximum Gasteiger partial charge on any atom is 0.346 e. The highest BCUT2D eigenvalue weighted by Gasteiger charge is 2.29. The van der Waals surface area contributed by atoms with E-state index in [9.17, 15) is 9.59 Å². The van der Waals surface area contributed by atoms with Gasteiger partial charge in [-0.2, -0.15) is 0 Å². The highest BCUT2D eigenvalue weighted by molar-refractivity contribution is 7.12. The van der Waals surface area contributed by atoms with Gasteiger partial charge in [-0.25, -0.2) is 4.79 Å². The number of carbonyl (C=O) groups excluding carboxylic acids is 1. The minimum atomic E-state index is -0.909. The van der Waals surface area contributed by atoms with Crippen molar-refractivity contribution in [2.75, 3.05) is 6.54 Å². The van der Waals surface area contributed by atoms with E-state index >= 15 is 0 Å². The normalized spacial score (nSPS) is 19.9. The molecule has 1 aliphatic rings. The first-order valence-corrected chi connectivity index (χ1v) is 6.57. The first-order valence-electron chi connectivity index (χ1n) is 5.69. The van der Waals surface area contributed by atoms with Crippen molar-refractivity contribution in [3.8, 4) is 0 Å². The zero-order chi connectivity index (χ0) is 12.4. The van der Waals surface area contributed by atoms with Crippen molar-refractivity contribution < 1.29 is 14.7 Å². The zero-order valence-electron chi connectivity index (χ0n) is 9.68. The van der Waals surface area contributed by atoms with Crippen molar-refractivity contribution in [2.24, 2.45) is 5.92 Å². The number of rotatable bonds is 4. The SMILES string of the molecule is CCC1CC(=O)N(Cc2ccsc2C(=O)O)C1. The molecule has 0 bridgehead atoms. The summed E-state index contributed by atoms with van der Waals surface area (Å²) in [5.74, 6) is -0.345. The molecule has 92 valence electrons. The van der Waals surface area contributed by atoms with Crippen molar-refractivity contribution in [3.05, 3.63) is 21.9 Å². The van der Waals surface area contributed by atoms with Crippen molar-refractivity contribution >= 4 is 23.2 Å². The summed E-state index contributed by atoms with van der Waals surface area (Å²) in [7, 11) is 0. The fraction of sp³-hybridized carbons (Fsp3) is 0.500. The Balaban J connectivity index is 2.08. The first-order chi connectivity index (χ1) is 8.11. The van der Waals surface area contributed by atoms with Crippen LogP contribution in [0.3, 0.4) is 0 Å². The standard InChI is InChI=1S/C12H15NO3S/c1-2-8-5-10(14)13(6-8)7-9-3-4-17-11(9)12(15)16/h3-4,8H,2,5-7H2,1H3,(H,15,16). The van der Waals surface area contributed by atoms with E-state index < -0.39 is 5.97 Å². The first kappa shape index (κ1) is 12.1. The Kier molecular flexibility index (Phi) is 3.47. The molecule has 0 aliphatic carbocycles. The van der Waals surface area contributed by atoms with Crippen LogP contribution in [-0.4, -0.2) is 28.4 Å². The van der Waals surface area contributed by atoms with Crippen molar-refractivity contribution in [2.45, 2.75) is 26.3 Å². The molecule has 0 radical (unpaired) electrons. The van der Waals surface area contributed by atoms with Gasteiger partial charge in [-0.1, -0.05) is 13.3 Å². The third kappa shape index (κ3) is 2.49. The lowest BCUT2D eigenvalue weighted by Crippen LogP contribution is -2.25. The van der Waals surface area contributed by atoms with E-state index in [4.69, 9.17) is 5.11 Å². The molecule has 2 rings (SSSR count). The number of carboxylic acids is 1. The molecule has 1 atom stereocenters. The number of carbonyl (C=O) groups is 2. The summed E-state index contributed by atoms with van der Waals surface area (Å²) in [5.41, 5.74) is 0.743. The summed E-state index contributed by atoms with van der Waals surface area (Å²) in [6, 6.07) is 1.79. The molecule has 1 saturated heterocycles. The van der Waals surface area contributed by atoms with E-state index in [0.717, 1.165) is 18.5 Å². The summed E-state index contributed by atoms with van der Waals surface area (Å²) >= 11 is 1.21. The molecule has 5 heteroatoms. The number of thiophene rings is 1. The molecule has 4 nitrogen and oxygen atoms in total. The number of amides is 1. The van der Waals surface area contributed by atoms with Gasteiger partial charge in [-0.3, -0.25) is 4.79 Å². The molecule has 0 aromatic carbocycles. The van der Waals surface area contributed by atoms with Gasteiger partial charge in [0.1, 0.15) is 4.88 Å². The number of likely N-dealkylation sites (tertiary alicyclic amines) is 1. The molecule has 17 heavy (non-hydrogen) atoms. The van der Waals surface area contributed by atoms with Crippen molar-refractivity contribution in [1.82, 2.24) is 4.90 Å². The van der Waals surface area contributed by atoms with Crippen LogP contribution in [0.25, 0.3) is 0 Å². The van der Waals surface area contributed by atoms with Crippen LogP contribution < -0.4 is 0 Å². The molecule has 1 aromatic rings. The monoisotopic (exact) mass is 253 g/mol.